The highest BCUT2D eigenvalue weighted by Crippen LogP contribution is 2.52. The van der Waals surface area contributed by atoms with E-state index in [2.05, 4.69) is 256 Å². The summed E-state index contributed by atoms with van der Waals surface area (Å²) >= 11 is 0. The Balaban J connectivity index is 1.12. The van der Waals surface area contributed by atoms with Gasteiger partial charge in [0.25, 0.3) is 0 Å². The van der Waals surface area contributed by atoms with Crippen molar-refractivity contribution in [2.45, 2.75) is 91.7 Å². The van der Waals surface area contributed by atoms with Crippen LogP contribution in [-0.2, 0) is 10.8 Å². The second-order valence-corrected chi connectivity index (χ2v) is 35.9. The topological polar surface area (TPSA) is 43.5 Å². The molecule has 0 N–H and O–H groups in total. The van der Waals surface area contributed by atoms with E-state index in [9.17, 15) is 5.26 Å². The highest BCUT2D eigenvalue weighted by atomic mass is 28.3. The van der Waals surface area contributed by atoms with Crippen LogP contribution in [0, 0.1) is 17.9 Å². The van der Waals surface area contributed by atoms with Crippen LogP contribution in [0.5, 0.6) is 0 Å². The molecule has 0 saturated carbocycles. The number of nitriles is 1. The van der Waals surface area contributed by atoms with E-state index in [1.54, 1.807) is 0 Å². The quantitative estimate of drug-likeness (QED) is 0.113. The molecule has 8 heteroatoms. The van der Waals surface area contributed by atoms with Crippen molar-refractivity contribution in [2.75, 3.05) is 9.80 Å². The van der Waals surface area contributed by atoms with Crippen LogP contribution in [0.1, 0.15) is 58.2 Å². The smallest absolute Gasteiger partial charge is 0.187 e. The van der Waals surface area contributed by atoms with Gasteiger partial charge in [0.1, 0.15) is 0 Å². The van der Waals surface area contributed by atoms with Crippen molar-refractivity contribution >= 4 is 143 Å². The first kappa shape index (κ1) is 49.2. The fraction of sp³-hybridized carbons (Fsp3) is 0.200. The second kappa shape index (κ2) is 17.0. The fourth-order valence-corrected chi connectivity index (χ4v) is 14.6. The number of nitrogens with zero attached hydrogens (tertiary/aromatic N) is 6. The third-order valence-corrected chi connectivity index (χ3v) is 20.8. The molecule has 0 amide bonds. The summed E-state index contributed by atoms with van der Waals surface area (Å²) in [4.78, 5) is 8.58. The van der Waals surface area contributed by atoms with Gasteiger partial charge in [0, 0.05) is 65.8 Å². The van der Waals surface area contributed by atoms with Crippen LogP contribution in [0.25, 0.3) is 81.0 Å². The Labute approximate surface area is 459 Å². The highest BCUT2D eigenvalue weighted by molar-refractivity contribution is 6.89. The average Bonchev–Trinajstić information content (AvgIpc) is 3.11. The van der Waals surface area contributed by atoms with Crippen molar-refractivity contribution in [3.05, 3.63) is 198 Å². The normalized spacial score (nSPS) is 12.8. The zero-order chi connectivity index (χ0) is 54.5. The van der Waals surface area contributed by atoms with Crippen molar-refractivity contribution in [2.24, 2.45) is 0 Å². The lowest BCUT2D eigenvalue weighted by Gasteiger charge is -2.28. The standard InChI is InChI=1S/C70H64N6Si2/c1-69(2,3)44-16-34-59-57(38-44)65-61(73(47-20-14-43(42-71)15-21-47)49-24-28-51(29-25-49)77(8,9)10)36-32-53-55-40-64-56(41-63(55)75(59)67(53)65)54-33-37-62(66-58-39-45(70(4,5)6)17-35-60(58)76(64)68(54)66)74(48-22-18-46(72-7)19-23-48)50-26-30-52(31-27-50)78(11,12)13/h14-41H,1-6,8-13H3. The lowest BCUT2D eigenvalue weighted by Crippen LogP contribution is -2.37. The summed E-state index contributed by atoms with van der Waals surface area (Å²) in [7, 11) is -3.16. The molecule has 4 heterocycles. The molecule has 382 valence electrons. The molecule has 0 aliphatic carbocycles. The number of fused-ring (bicyclic) bond motifs is 12. The Morgan fingerprint density at radius 2 is 0.795 bits per heavy atom. The van der Waals surface area contributed by atoms with Gasteiger partial charge >= 0.3 is 0 Å². The van der Waals surface area contributed by atoms with E-state index < -0.39 is 16.1 Å². The molecule has 13 rings (SSSR count). The summed E-state index contributed by atoms with van der Waals surface area (Å²) in [6, 6.07) is 65.5. The molecular formula is C70H64N6Si2. The molecule has 0 bridgehead atoms. The molecule has 0 aliphatic rings. The van der Waals surface area contributed by atoms with Gasteiger partial charge in [-0.3, -0.25) is 0 Å². The molecule has 4 aromatic heterocycles. The predicted octanol–water partition coefficient (Wildman–Crippen LogP) is 19.0. The van der Waals surface area contributed by atoms with E-state index in [-0.39, 0.29) is 10.8 Å². The first-order valence-corrected chi connectivity index (χ1v) is 34.3. The maximum absolute atomic E-state index is 9.91. The molecule has 6 nitrogen and oxygen atoms in total. The summed E-state index contributed by atoms with van der Waals surface area (Å²) in [6.07, 6.45) is 0. The van der Waals surface area contributed by atoms with Crippen molar-refractivity contribution in [1.82, 2.24) is 8.80 Å². The van der Waals surface area contributed by atoms with Gasteiger partial charge in [-0.1, -0.05) is 152 Å². The minimum atomic E-state index is -1.58. The maximum atomic E-state index is 9.91. The van der Waals surface area contributed by atoms with E-state index in [4.69, 9.17) is 6.57 Å². The lowest BCUT2D eigenvalue weighted by molar-refractivity contribution is 0.591. The van der Waals surface area contributed by atoms with Crippen LogP contribution < -0.4 is 20.2 Å². The number of aromatic nitrogens is 2. The number of benzene rings is 9. The molecular weight excluding hydrogens is 981 g/mol. The molecule has 13 aromatic rings. The van der Waals surface area contributed by atoms with E-state index in [0.717, 1.165) is 34.1 Å². The van der Waals surface area contributed by atoms with Gasteiger partial charge in [-0.2, -0.15) is 5.26 Å². The Morgan fingerprint density at radius 1 is 0.423 bits per heavy atom. The van der Waals surface area contributed by atoms with Crippen molar-refractivity contribution in [1.29, 1.82) is 5.26 Å². The third-order valence-electron chi connectivity index (χ3n) is 16.6. The van der Waals surface area contributed by atoms with E-state index in [0.29, 0.717) is 11.3 Å². The van der Waals surface area contributed by atoms with Crippen LogP contribution >= 0.6 is 0 Å². The average molecular weight is 1050 g/mol. The number of rotatable bonds is 8. The van der Waals surface area contributed by atoms with Crippen molar-refractivity contribution < 1.29 is 0 Å². The molecule has 0 aliphatic heterocycles. The molecule has 0 atom stereocenters. The number of hydrogen-bond acceptors (Lipinski definition) is 3. The molecule has 9 aromatic carbocycles. The second-order valence-electron chi connectivity index (χ2n) is 25.8. The zero-order valence-electron chi connectivity index (χ0n) is 46.8. The van der Waals surface area contributed by atoms with Gasteiger partial charge in [0.2, 0.25) is 0 Å². The summed E-state index contributed by atoms with van der Waals surface area (Å²) in [5.74, 6) is 0. The van der Waals surface area contributed by atoms with E-state index in [1.165, 1.54) is 97.7 Å². The SMILES string of the molecule is [C-]#[N+]c1ccc(N(c2ccc([Si](C)(C)C)cc2)c2ccc3c4cc5c(cc4n4c6ccc(C(C)(C)C)cc6c2c34)c2ccc(N(c3ccc(C#N)cc3)c3ccc([Si](C)(C)C)cc3)c3c4cc(C(C)(C)C)ccc4n5c23)cc1. The molecule has 0 fully saturated rings. The highest BCUT2D eigenvalue weighted by Gasteiger charge is 2.30. The van der Waals surface area contributed by atoms with Gasteiger partial charge in [0.05, 0.1) is 78.8 Å². The van der Waals surface area contributed by atoms with Crippen LogP contribution in [0.3, 0.4) is 0 Å². The Kier molecular flexibility index (Phi) is 10.7. The van der Waals surface area contributed by atoms with Crippen molar-refractivity contribution in [3.8, 4) is 6.07 Å². The number of anilines is 6. The van der Waals surface area contributed by atoms with Gasteiger partial charge in [-0.15, -0.1) is 0 Å². The first-order chi connectivity index (χ1) is 37.1. The lowest BCUT2D eigenvalue weighted by atomic mass is 9.86. The number of hydrogen-bond donors (Lipinski definition) is 0. The van der Waals surface area contributed by atoms with E-state index >= 15 is 0 Å². The van der Waals surface area contributed by atoms with Gasteiger partial charge in [-0.05, 0) is 131 Å². The maximum Gasteiger partial charge on any atom is 0.187 e. The molecule has 0 spiro atoms. The fourth-order valence-electron chi connectivity index (χ4n) is 12.3. The minimum Gasteiger partial charge on any atom is -0.310 e. The van der Waals surface area contributed by atoms with Crippen LogP contribution in [0.2, 0.25) is 39.3 Å². The Hall–Kier alpha value is -8.41. The Bertz CT molecular complexity index is 4340. The summed E-state index contributed by atoms with van der Waals surface area (Å²) in [5, 5.41) is 22.5. The van der Waals surface area contributed by atoms with E-state index in [1.807, 2.05) is 24.3 Å². The first-order valence-electron chi connectivity index (χ1n) is 27.3. The summed E-state index contributed by atoms with van der Waals surface area (Å²) < 4.78 is 5.09. The minimum absolute atomic E-state index is 0.0697. The van der Waals surface area contributed by atoms with Gasteiger partial charge in [-0.25, -0.2) is 4.85 Å². The molecule has 0 radical (unpaired) electrons. The monoisotopic (exact) mass is 1040 g/mol. The zero-order valence-corrected chi connectivity index (χ0v) is 48.8. The Morgan fingerprint density at radius 3 is 1.14 bits per heavy atom. The molecule has 0 saturated heterocycles. The summed E-state index contributed by atoms with van der Waals surface area (Å²) in [5.41, 5.74) is 17.2. The van der Waals surface area contributed by atoms with Crippen molar-refractivity contribution in [3.63, 3.8) is 0 Å². The van der Waals surface area contributed by atoms with Crippen LogP contribution in [-0.4, -0.2) is 24.9 Å². The molecule has 78 heavy (non-hydrogen) atoms. The van der Waals surface area contributed by atoms with Gasteiger partial charge in [0.15, 0.2) is 5.69 Å². The summed E-state index contributed by atoms with van der Waals surface area (Å²) in [6.45, 7) is 36.0. The van der Waals surface area contributed by atoms with Gasteiger partial charge < -0.3 is 18.6 Å². The third kappa shape index (κ3) is 7.52. The molecule has 0 unspecified atom stereocenters. The predicted molar refractivity (Wildman–Crippen MR) is 339 cm³/mol. The largest absolute Gasteiger partial charge is 0.310 e. The van der Waals surface area contributed by atoms with Crippen LogP contribution in [0.15, 0.2) is 170 Å². The van der Waals surface area contributed by atoms with Crippen LogP contribution in [0.4, 0.5) is 39.8 Å².